The molecule has 2 saturated heterocycles. The molecular weight excluding hydrogens is 326 g/mol. The lowest BCUT2D eigenvalue weighted by Gasteiger charge is -2.39. The molecule has 0 spiro atoms. The molecule has 0 saturated carbocycles. The third-order valence-electron chi connectivity index (χ3n) is 5.64. The summed E-state index contributed by atoms with van der Waals surface area (Å²) in [4.78, 5) is 23.7. The van der Waals surface area contributed by atoms with E-state index in [1.165, 1.54) is 19.3 Å². The Bertz CT molecular complexity index is 451. The SMILES string of the molecule is CN=C(NCCCCC(C)C)N1CCN(C(C)C(=O)N2CCCC2)CC1. The highest BCUT2D eigenvalue weighted by molar-refractivity contribution is 5.82. The standard InChI is InChI=1S/C20H39N5O/c1-17(2)9-5-6-10-22-20(21-4)25-15-13-23(14-16-25)18(3)19(26)24-11-7-8-12-24/h17-18H,5-16H2,1-4H3,(H,21,22). The van der Waals surface area contributed by atoms with Crippen molar-refractivity contribution >= 4 is 11.9 Å². The van der Waals surface area contributed by atoms with Crippen molar-refractivity contribution < 1.29 is 4.79 Å². The van der Waals surface area contributed by atoms with Crippen molar-refractivity contribution in [2.45, 2.75) is 58.9 Å². The van der Waals surface area contributed by atoms with Gasteiger partial charge in [0.25, 0.3) is 0 Å². The van der Waals surface area contributed by atoms with Crippen molar-refractivity contribution in [2.75, 3.05) is 52.9 Å². The first-order valence-electron chi connectivity index (χ1n) is 10.5. The van der Waals surface area contributed by atoms with Gasteiger partial charge in [0.1, 0.15) is 0 Å². The van der Waals surface area contributed by atoms with Gasteiger partial charge in [0, 0.05) is 52.9 Å². The molecule has 6 heteroatoms. The van der Waals surface area contributed by atoms with E-state index in [1.807, 2.05) is 11.9 Å². The minimum atomic E-state index is 0.00116. The second-order valence-electron chi connectivity index (χ2n) is 8.10. The first-order chi connectivity index (χ1) is 12.5. The van der Waals surface area contributed by atoms with Crippen molar-refractivity contribution in [1.82, 2.24) is 20.0 Å². The predicted octanol–water partition coefficient (Wildman–Crippen LogP) is 2.02. The van der Waals surface area contributed by atoms with Gasteiger partial charge < -0.3 is 15.1 Å². The molecule has 2 rings (SSSR count). The molecule has 1 unspecified atom stereocenters. The van der Waals surface area contributed by atoms with Crippen LogP contribution in [0.5, 0.6) is 0 Å². The molecule has 0 radical (unpaired) electrons. The van der Waals surface area contributed by atoms with Crippen molar-refractivity contribution in [3.8, 4) is 0 Å². The van der Waals surface area contributed by atoms with E-state index in [-0.39, 0.29) is 6.04 Å². The number of carbonyl (C=O) groups excluding carboxylic acids is 1. The van der Waals surface area contributed by atoms with Gasteiger partial charge >= 0.3 is 0 Å². The number of hydrogen-bond acceptors (Lipinski definition) is 3. The Labute approximate surface area is 160 Å². The maximum absolute atomic E-state index is 12.6. The largest absolute Gasteiger partial charge is 0.356 e. The number of rotatable bonds is 7. The summed E-state index contributed by atoms with van der Waals surface area (Å²) in [6.45, 7) is 13.2. The molecule has 0 aromatic rings. The molecule has 0 aromatic heterocycles. The van der Waals surface area contributed by atoms with E-state index < -0.39 is 0 Å². The summed E-state index contributed by atoms with van der Waals surface area (Å²) in [5.74, 6) is 2.10. The molecule has 1 amide bonds. The fraction of sp³-hybridized carbons (Fsp3) is 0.900. The highest BCUT2D eigenvalue weighted by Crippen LogP contribution is 2.14. The minimum Gasteiger partial charge on any atom is -0.356 e. The van der Waals surface area contributed by atoms with E-state index in [1.54, 1.807) is 0 Å². The number of likely N-dealkylation sites (tertiary alicyclic amines) is 1. The van der Waals surface area contributed by atoms with Crippen LogP contribution in [0.2, 0.25) is 0 Å². The Morgan fingerprint density at radius 1 is 0.962 bits per heavy atom. The average Bonchev–Trinajstić information content (AvgIpc) is 3.18. The Morgan fingerprint density at radius 3 is 2.19 bits per heavy atom. The number of nitrogens with zero attached hydrogens (tertiary/aromatic N) is 4. The summed E-state index contributed by atoms with van der Waals surface area (Å²) in [7, 11) is 1.86. The number of hydrogen-bond donors (Lipinski definition) is 1. The van der Waals surface area contributed by atoms with E-state index in [2.05, 4.69) is 40.9 Å². The number of piperazine rings is 1. The maximum Gasteiger partial charge on any atom is 0.239 e. The zero-order chi connectivity index (χ0) is 18.9. The second kappa shape index (κ2) is 10.8. The molecular formula is C20H39N5O. The number of amides is 1. The third kappa shape index (κ3) is 6.15. The monoisotopic (exact) mass is 365 g/mol. The fourth-order valence-electron chi connectivity index (χ4n) is 3.89. The molecule has 0 aromatic carbocycles. The molecule has 26 heavy (non-hydrogen) atoms. The van der Waals surface area contributed by atoms with Gasteiger partial charge in [-0.15, -0.1) is 0 Å². The van der Waals surface area contributed by atoms with Gasteiger partial charge in [-0.25, -0.2) is 0 Å². The quantitative estimate of drug-likeness (QED) is 0.426. The summed E-state index contributed by atoms with van der Waals surface area (Å²) >= 11 is 0. The molecule has 1 atom stereocenters. The Morgan fingerprint density at radius 2 is 1.62 bits per heavy atom. The van der Waals surface area contributed by atoms with Crippen LogP contribution in [0.3, 0.4) is 0 Å². The maximum atomic E-state index is 12.6. The van der Waals surface area contributed by atoms with Gasteiger partial charge in [-0.1, -0.05) is 26.7 Å². The van der Waals surface area contributed by atoms with E-state index in [9.17, 15) is 4.79 Å². The van der Waals surface area contributed by atoms with Crippen molar-refractivity contribution in [2.24, 2.45) is 10.9 Å². The van der Waals surface area contributed by atoms with Crippen LogP contribution in [-0.2, 0) is 4.79 Å². The normalized spacial score (nSPS) is 20.7. The Kier molecular flexibility index (Phi) is 8.69. The highest BCUT2D eigenvalue weighted by atomic mass is 16.2. The van der Waals surface area contributed by atoms with Crippen LogP contribution in [0, 0.1) is 5.92 Å². The van der Waals surface area contributed by atoms with Crippen molar-refractivity contribution in [3.05, 3.63) is 0 Å². The second-order valence-corrected chi connectivity index (χ2v) is 8.10. The summed E-state index contributed by atoms with van der Waals surface area (Å²) in [5.41, 5.74) is 0. The molecule has 2 fully saturated rings. The summed E-state index contributed by atoms with van der Waals surface area (Å²) in [6.07, 6.45) is 6.07. The van der Waals surface area contributed by atoms with Crippen LogP contribution in [-0.4, -0.2) is 85.5 Å². The number of carbonyl (C=O) groups is 1. The van der Waals surface area contributed by atoms with Crippen LogP contribution < -0.4 is 5.32 Å². The number of aliphatic imine (C=N–C) groups is 1. The number of nitrogens with one attached hydrogen (secondary N) is 1. The predicted molar refractivity (Wildman–Crippen MR) is 108 cm³/mol. The number of unbranched alkanes of at least 4 members (excludes halogenated alkanes) is 1. The van der Waals surface area contributed by atoms with Gasteiger partial charge in [-0.3, -0.25) is 14.7 Å². The Balaban J connectivity index is 1.71. The lowest BCUT2D eigenvalue weighted by Crippen LogP contribution is -2.57. The molecule has 6 nitrogen and oxygen atoms in total. The van der Waals surface area contributed by atoms with E-state index in [0.29, 0.717) is 5.91 Å². The van der Waals surface area contributed by atoms with Crippen molar-refractivity contribution in [3.63, 3.8) is 0 Å². The van der Waals surface area contributed by atoms with Gasteiger partial charge in [0.2, 0.25) is 5.91 Å². The van der Waals surface area contributed by atoms with Crippen LogP contribution in [0.25, 0.3) is 0 Å². The topological polar surface area (TPSA) is 51.2 Å². The van der Waals surface area contributed by atoms with Crippen molar-refractivity contribution in [1.29, 1.82) is 0 Å². The summed E-state index contributed by atoms with van der Waals surface area (Å²) < 4.78 is 0. The summed E-state index contributed by atoms with van der Waals surface area (Å²) in [5, 5.41) is 3.51. The van der Waals surface area contributed by atoms with Crippen LogP contribution in [0.15, 0.2) is 4.99 Å². The minimum absolute atomic E-state index is 0.00116. The molecule has 0 aliphatic carbocycles. The molecule has 1 N–H and O–H groups in total. The molecule has 0 bridgehead atoms. The zero-order valence-corrected chi connectivity index (χ0v) is 17.3. The lowest BCUT2D eigenvalue weighted by molar-refractivity contribution is -0.135. The lowest BCUT2D eigenvalue weighted by atomic mass is 10.1. The van der Waals surface area contributed by atoms with Gasteiger partial charge in [-0.05, 0) is 32.1 Å². The summed E-state index contributed by atoms with van der Waals surface area (Å²) in [6, 6.07) is 0.00116. The third-order valence-corrected chi connectivity index (χ3v) is 5.64. The van der Waals surface area contributed by atoms with Crippen LogP contribution in [0.4, 0.5) is 0 Å². The van der Waals surface area contributed by atoms with E-state index in [4.69, 9.17) is 0 Å². The zero-order valence-electron chi connectivity index (χ0n) is 17.3. The molecule has 150 valence electrons. The first-order valence-corrected chi connectivity index (χ1v) is 10.5. The van der Waals surface area contributed by atoms with Gasteiger partial charge in [0.15, 0.2) is 5.96 Å². The molecule has 2 aliphatic rings. The molecule has 2 heterocycles. The van der Waals surface area contributed by atoms with E-state index >= 15 is 0 Å². The van der Waals surface area contributed by atoms with Crippen LogP contribution in [0.1, 0.15) is 52.9 Å². The Hall–Kier alpha value is -1.30. The average molecular weight is 366 g/mol. The van der Waals surface area contributed by atoms with Crippen LogP contribution >= 0.6 is 0 Å². The number of guanidine groups is 1. The fourth-order valence-corrected chi connectivity index (χ4v) is 3.89. The van der Waals surface area contributed by atoms with Gasteiger partial charge in [0.05, 0.1) is 6.04 Å². The molecule has 2 aliphatic heterocycles. The highest BCUT2D eigenvalue weighted by Gasteiger charge is 2.30. The van der Waals surface area contributed by atoms with E-state index in [0.717, 1.165) is 70.5 Å². The smallest absolute Gasteiger partial charge is 0.239 e. The van der Waals surface area contributed by atoms with Gasteiger partial charge in [-0.2, -0.15) is 0 Å². The first kappa shape index (κ1) is 21.0.